The normalized spacial score (nSPS) is 18.0. The smallest absolute Gasteiger partial charge is 0.222 e. The number of anilines is 2. The van der Waals surface area contributed by atoms with Crippen LogP contribution in [0.5, 0.6) is 0 Å². The van der Waals surface area contributed by atoms with Gasteiger partial charge in [-0.1, -0.05) is 0 Å². The van der Waals surface area contributed by atoms with Crippen LogP contribution in [0.25, 0.3) is 0 Å². The summed E-state index contributed by atoms with van der Waals surface area (Å²) in [5, 5.41) is 3.29. The summed E-state index contributed by atoms with van der Waals surface area (Å²) in [6.45, 7) is 5.13. The highest BCUT2D eigenvalue weighted by Gasteiger charge is 2.20. The Kier molecular flexibility index (Phi) is 4.01. The van der Waals surface area contributed by atoms with Crippen LogP contribution in [0.15, 0.2) is 18.6 Å². The van der Waals surface area contributed by atoms with Crippen molar-refractivity contribution in [3.8, 4) is 0 Å². The highest BCUT2D eigenvalue weighted by atomic mass is 16.5. The molecule has 2 aromatic rings. The average molecular weight is 288 g/mol. The first-order valence-corrected chi connectivity index (χ1v) is 7.21. The number of hydrogen-bond donors (Lipinski definition) is 2. The van der Waals surface area contributed by atoms with Crippen LogP contribution in [0, 0.1) is 0 Å². The van der Waals surface area contributed by atoms with Gasteiger partial charge in [-0.3, -0.25) is 0 Å². The van der Waals surface area contributed by atoms with Gasteiger partial charge in [-0.2, -0.15) is 4.98 Å². The molecule has 0 amide bonds. The van der Waals surface area contributed by atoms with E-state index in [0.29, 0.717) is 25.0 Å². The maximum absolute atomic E-state index is 5.81. The van der Waals surface area contributed by atoms with Crippen molar-refractivity contribution in [1.29, 1.82) is 0 Å². The summed E-state index contributed by atoms with van der Waals surface area (Å²) in [6.07, 6.45) is 4.66. The van der Waals surface area contributed by atoms with Crippen LogP contribution in [0.2, 0.25) is 0 Å². The minimum absolute atomic E-state index is 0.297. The van der Waals surface area contributed by atoms with E-state index in [1.54, 1.807) is 0 Å². The van der Waals surface area contributed by atoms with Gasteiger partial charge in [-0.25, -0.2) is 9.97 Å². The summed E-state index contributed by atoms with van der Waals surface area (Å²) in [5.41, 5.74) is 7.87. The van der Waals surface area contributed by atoms with Crippen molar-refractivity contribution in [1.82, 2.24) is 19.5 Å². The third-order valence-electron chi connectivity index (χ3n) is 3.70. The number of ether oxygens (including phenoxy) is 1. The quantitative estimate of drug-likeness (QED) is 0.864. The largest absolute Gasteiger partial charge is 0.381 e. The molecule has 2 aromatic heterocycles. The zero-order chi connectivity index (χ0) is 14.7. The van der Waals surface area contributed by atoms with Crippen molar-refractivity contribution >= 4 is 11.8 Å². The van der Waals surface area contributed by atoms with E-state index in [1.165, 1.54) is 0 Å². The Balaban J connectivity index is 1.73. The molecule has 21 heavy (non-hydrogen) atoms. The molecule has 1 aliphatic heterocycles. The van der Waals surface area contributed by atoms with E-state index < -0.39 is 0 Å². The lowest BCUT2D eigenvalue weighted by molar-refractivity contribution is 0.193. The molecule has 112 valence electrons. The number of nitrogens with two attached hydrogens (primary N) is 1. The molecule has 0 saturated carbocycles. The molecular formula is C14H20N6O. The summed E-state index contributed by atoms with van der Waals surface area (Å²) in [4.78, 5) is 12.7. The fourth-order valence-corrected chi connectivity index (χ4v) is 2.51. The number of nitrogens with one attached hydrogen (secondary N) is 1. The fourth-order valence-electron chi connectivity index (χ4n) is 2.51. The SMILES string of the molecule is CCn1cncc1CNc1cc([C@H]2CCOC2)nc(N)n1. The van der Waals surface area contributed by atoms with Gasteiger partial charge in [-0.05, 0) is 13.3 Å². The van der Waals surface area contributed by atoms with Crippen molar-refractivity contribution in [3.05, 3.63) is 30.0 Å². The molecule has 0 aromatic carbocycles. The third-order valence-corrected chi connectivity index (χ3v) is 3.70. The van der Waals surface area contributed by atoms with Crippen molar-refractivity contribution < 1.29 is 4.74 Å². The summed E-state index contributed by atoms with van der Waals surface area (Å²) >= 11 is 0. The number of rotatable bonds is 5. The number of imidazole rings is 1. The van der Waals surface area contributed by atoms with E-state index in [-0.39, 0.29) is 0 Å². The number of nitrogen functional groups attached to an aromatic ring is 1. The van der Waals surface area contributed by atoms with Crippen molar-refractivity contribution in [2.45, 2.75) is 32.4 Å². The van der Waals surface area contributed by atoms with Crippen LogP contribution < -0.4 is 11.1 Å². The van der Waals surface area contributed by atoms with Gasteiger partial charge in [0.15, 0.2) is 0 Å². The molecule has 1 atom stereocenters. The van der Waals surface area contributed by atoms with Crippen molar-refractivity contribution in [2.75, 3.05) is 24.3 Å². The van der Waals surface area contributed by atoms with Gasteiger partial charge in [-0.15, -0.1) is 0 Å². The van der Waals surface area contributed by atoms with E-state index in [1.807, 2.05) is 18.6 Å². The van der Waals surface area contributed by atoms with E-state index in [0.717, 1.165) is 36.8 Å². The highest BCUT2D eigenvalue weighted by molar-refractivity contribution is 5.41. The molecule has 0 radical (unpaired) electrons. The van der Waals surface area contributed by atoms with Gasteiger partial charge >= 0.3 is 0 Å². The number of aromatic nitrogens is 4. The van der Waals surface area contributed by atoms with E-state index in [9.17, 15) is 0 Å². The molecule has 1 saturated heterocycles. The fraction of sp³-hybridized carbons (Fsp3) is 0.500. The Labute approximate surface area is 123 Å². The maximum atomic E-state index is 5.81. The van der Waals surface area contributed by atoms with Crippen LogP contribution in [0.4, 0.5) is 11.8 Å². The maximum Gasteiger partial charge on any atom is 0.222 e. The molecule has 3 rings (SSSR count). The molecule has 0 spiro atoms. The predicted octanol–water partition coefficient (Wildman–Crippen LogP) is 1.39. The zero-order valence-electron chi connectivity index (χ0n) is 12.1. The first-order chi connectivity index (χ1) is 10.3. The van der Waals surface area contributed by atoms with Gasteiger partial charge in [0.2, 0.25) is 5.95 Å². The second kappa shape index (κ2) is 6.09. The van der Waals surface area contributed by atoms with E-state index in [4.69, 9.17) is 10.5 Å². The molecule has 0 unspecified atom stereocenters. The Bertz CT molecular complexity index is 605. The predicted molar refractivity (Wildman–Crippen MR) is 79.8 cm³/mol. The molecule has 7 nitrogen and oxygen atoms in total. The Morgan fingerprint density at radius 3 is 3.14 bits per heavy atom. The van der Waals surface area contributed by atoms with Crippen molar-refractivity contribution in [2.24, 2.45) is 0 Å². The molecule has 1 fully saturated rings. The highest BCUT2D eigenvalue weighted by Crippen LogP contribution is 2.25. The minimum atomic E-state index is 0.297. The van der Waals surface area contributed by atoms with E-state index in [2.05, 4.69) is 31.8 Å². The lowest BCUT2D eigenvalue weighted by Crippen LogP contribution is -2.11. The summed E-state index contributed by atoms with van der Waals surface area (Å²) < 4.78 is 7.49. The van der Waals surface area contributed by atoms with Gasteiger partial charge in [0, 0.05) is 31.3 Å². The monoisotopic (exact) mass is 288 g/mol. The lowest BCUT2D eigenvalue weighted by atomic mass is 10.0. The first kappa shape index (κ1) is 13.8. The summed E-state index contributed by atoms with van der Waals surface area (Å²) in [7, 11) is 0. The third kappa shape index (κ3) is 3.13. The van der Waals surface area contributed by atoms with Gasteiger partial charge in [0.05, 0.1) is 30.9 Å². The molecule has 0 aliphatic carbocycles. The Morgan fingerprint density at radius 2 is 2.38 bits per heavy atom. The van der Waals surface area contributed by atoms with Crippen LogP contribution in [0.1, 0.15) is 30.7 Å². The standard InChI is InChI=1S/C14H20N6O/c1-2-20-9-16-6-11(20)7-17-13-5-12(18-14(15)19-13)10-3-4-21-8-10/h5-6,9-10H,2-4,7-8H2,1H3,(H3,15,17,18,19)/t10-/m0/s1. The number of aryl methyl sites for hydroxylation is 1. The van der Waals surface area contributed by atoms with Crippen LogP contribution >= 0.6 is 0 Å². The lowest BCUT2D eigenvalue weighted by Gasteiger charge is -2.12. The molecule has 3 N–H and O–H groups in total. The summed E-state index contributed by atoms with van der Waals surface area (Å²) in [6, 6.07) is 1.96. The van der Waals surface area contributed by atoms with Gasteiger partial charge in [0.25, 0.3) is 0 Å². The van der Waals surface area contributed by atoms with Gasteiger partial charge in [0.1, 0.15) is 5.82 Å². The second-order valence-electron chi connectivity index (χ2n) is 5.12. The molecule has 3 heterocycles. The minimum Gasteiger partial charge on any atom is -0.381 e. The zero-order valence-corrected chi connectivity index (χ0v) is 12.1. The van der Waals surface area contributed by atoms with Crippen LogP contribution in [-0.2, 0) is 17.8 Å². The van der Waals surface area contributed by atoms with Crippen LogP contribution in [-0.4, -0.2) is 32.7 Å². The molecule has 7 heteroatoms. The molecule has 0 bridgehead atoms. The van der Waals surface area contributed by atoms with E-state index >= 15 is 0 Å². The average Bonchev–Trinajstić information content (AvgIpc) is 3.15. The topological polar surface area (TPSA) is 90.9 Å². The number of hydrogen-bond acceptors (Lipinski definition) is 6. The Hall–Kier alpha value is -2.15. The summed E-state index contributed by atoms with van der Waals surface area (Å²) in [5.74, 6) is 1.36. The molecular weight excluding hydrogens is 268 g/mol. The first-order valence-electron chi connectivity index (χ1n) is 7.21. The Morgan fingerprint density at radius 1 is 1.48 bits per heavy atom. The van der Waals surface area contributed by atoms with Gasteiger partial charge < -0.3 is 20.4 Å². The number of nitrogens with zero attached hydrogens (tertiary/aromatic N) is 4. The van der Waals surface area contributed by atoms with Crippen molar-refractivity contribution in [3.63, 3.8) is 0 Å². The van der Waals surface area contributed by atoms with Crippen LogP contribution in [0.3, 0.4) is 0 Å². The second-order valence-corrected chi connectivity index (χ2v) is 5.12. The molecule has 1 aliphatic rings.